The molecule has 1 amide bonds. The summed E-state index contributed by atoms with van der Waals surface area (Å²) in [6.07, 6.45) is 5.85. The van der Waals surface area contributed by atoms with Crippen molar-refractivity contribution < 1.29 is 10.0 Å². The van der Waals surface area contributed by atoms with E-state index in [1.807, 2.05) is 12.3 Å². The molecular weight excluding hydrogens is 404 g/mol. The molecule has 1 spiro atoms. The smallest absolute Gasteiger partial charge is 0.277 e. The van der Waals surface area contributed by atoms with Crippen LogP contribution in [0.4, 0.5) is 5.95 Å². The maximum atomic E-state index is 11.4. The Morgan fingerprint density at radius 1 is 1.10 bits per heavy atom. The number of nitrogens with one attached hydrogen (secondary N) is 1. The van der Waals surface area contributed by atoms with Crippen LogP contribution in [0.15, 0.2) is 48.9 Å². The van der Waals surface area contributed by atoms with Gasteiger partial charge in [0, 0.05) is 62.1 Å². The van der Waals surface area contributed by atoms with E-state index in [4.69, 9.17) is 5.21 Å². The summed E-state index contributed by atoms with van der Waals surface area (Å²) >= 11 is 0. The number of benzene rings is 1. The number of hydroxylamine groups is 1. The number of rotatable bonds is 4. The van der Waals surface area contributed by atoms with Crippen molar-refractivity contribution in [1.82, 2.24) is 25.3 Å². The van der Waals surface area contributed by atoms with Crippen molar-refractivity contribution in [3.05, 3.63) is 60.0 Å². The number of carbonyl (C=O) groups excluding carboxylic acids is 1. The fourth-order valence-corrected chi connectivity index (χ4v) is 4.58. The number of para-hydroxylation sites is 1. The standard InChI is InChI=1S/C21H22N6O2.ClH/c28-19(25-29)17-9-23-20(24-10-17)27-8-6-21(14-27)12-26(13-21)11-16-4-1-3-15-5-2-7-22-18(15)16;/h1-5,7,9-10,29H,6,8,11-14H2,(H,25,28);1H. The highest BCUT2D eigenvalue weighted by atomic mass is 35.5. The zero-order valence-corrected chi connectivity index (χ0v) is 17.2. The average molecular weight is 427 g/mol. The van der Waals surface area contributed by atoms with Crippen LogP contribution < -0.4 is 10.4 Å². The first-order chi connectivity index (χ1) is 14.2. The first-order valence-electron chi connectivity index (χ1n) is 9.72. The Morgan fingerprint density at radius 3 is 2.63 bits per heavy atom. The molecule has 156 valence electrons. The molecule has 3 aromatic rings. The van der Waals surface area contributed by atoms with Crippen molar-refractivity contribution >= 4 is 35.2 Å². The highest BCUT2D eigenvalue weighted by Gasteiger charge is 2.48. The normalized spacial score (nSPS) is 17.6. The molecule has 0 atom stereocenters. The van der Waals surface area contributed by atoms with Crippen LogP contribution in [0.5, 0.6) is 0 Å². The summed E-state index contributed by atoms with van der Waals surface area (Å²) in [4.78, 5) is 29.2. The second-order valence-electron chi connectivity index (χ2n) is 8.02. The molecule has 30 heavy (non-hydrogen) atoms. The number of fused-ring (bicyclic) bond motifs is 1. The molecule has 0 unspecified atom stereocenters. The van der Waals surface area contributed by atoms with Gasteiger partial charge in [0.1, 0.15) is 0 Å². The van der Waals surface area contributed by atoms with Crippen LogP contribution in [0.3, 0.4) is 0 Å². The van der Waals surface area contributed by atoms with Gasteiger partial charge in [0.05, 0.1) is 11.1 Å². The molecule has 2 saturated heterocycles. The lowest BCUT2D eigenvalue weighted by Crippen LogP contribution is -2.56. The van der Waals surface area contributed by atoms with Gasteiger partial charge in [-0.1, -0.05) is 24.3 Å². The number of carbonyl (C=O) groups is 1. The van der Waals surface area contributed by atoms with Gasteiger partial charge < -0.3 is 4.90 Å². The Kier molecular flexibility index (Phi) is 5.55. The van der Waals surface area contributed by atoms with E-state index in [1.54, 1.807) is 5.48 Å². The van der Waals surface area contributed by atoms with E-state index in [0.717, 1.165) is 44.7 Å². The van der Waals surface area contributed by atoms with Gasteiger partial charge in [0.2, 0.25) is 5.95 Å². The summed E-state index contributed by atoms with van der Waals surface area (Å²) in [5.41, 5.74) is 4.47. The number of aromatic nitrogens is 3. The molecule has 0 aliphatic carbocycles. The highest BCUT2D eigenvalue weighted by molar-refractivity contribution is 5.92. The van der Waals surface area contributed by atoms with Gasteiger partial charge in [-0.3, -0.25) is 19.9 Å². The van der Waals surface area contributed by atoms with E-state index < -0.39 is 5.91 Å². The second-order valence-corrected chi connectivity index (χ2v) is 8.02. The third-order valence-electron chi connectivity index (χ3n) is 5.95. The van der Waals surface area contributed by atoms with Gasteiger partial charge in [-0.2, -0.15) is 0 Å². The number of hydrogen-bond acceptors (Lipinski definition) is 7. The molecule has 2 aliphatic rings. The van der Waals surface area contributed by atoms with Crippen LogP contribution in [0.2, 0.25) is 0 Å². The minimum atomic E-state index is -0.605. The number of hydrogen-bond donors (Lipinski definition) is 2. The minimum absolute atomic E-state index is 0. The Labute approximate surface area is 180 Å². The van der Waals surface area contributed by atoms with E-state index in [9.17, 15) is 4.79 Å². The zero-order valence-electron chi connectivity index (χ0n) is 16.4. The third kappa shape index (κ3) is 3.69. The minimum Gasteiger partial charge on any atom is -0.340 e. The van der Waals surface area contributed by atoms with Crippen LogP contribution in [0, 0.1) is 5.41 Å². The quantitative estimate of drug-likeness (QED) is 0.488. The van der Waals surface area contributed by atoms with Gasteiger partial charge in [-0.05, 0) is 18.1 Å². The predicted octanol–water partition coefficient (Wildman–Crippen LogP) is 2.28. The summed E-state index contributed by atoms with van der Waals surface area (Å²) in [6, 6.07) is 10.5. The number of nitrogens with zero attached hydrogens (tertiary/aromatic N) is 5. The highest BCUT2D eigenvalue weighted by Crippen LogP contribution is 2.41. The Balaban J connectivity index is 0.00000218. The molecule has 2 aliphatic heterocycles. The van der Waals surface area contributed by atoms with Crippen molar-refractivity contribution in [3.8, 4) is 0 Å². The lowest BCUT2D eigenvalue weighted by Gasteiger charge is -2.48. The predicted molar refractivity (Wildman–Crippen MR) is 115 cm³/mol. The van der Waals surface area contributed by atoms with E-state index in [2.05, 4.69) is 49.0 Å². The number of likely N-dealkylation sites (tertiary alicyclic amines) is 1. The molecule has 4 heterocycles. The van der Waals surface area contributed by atoms with Crippen molar-refractivity contribution in [2.24, 2.45) is 5.41 Å². The van der Waals surface area contributed by atoms with Crippen LogP contribution in [0.1, 0.15) is 22.3 Å². The molecule has 5 rings (SSSR count). The largest absolute Gasteiger partial charge is 0.340 e. The monoisotopic (exact) mass is 426 g/mol. The fraction of sp³-hybridized carbons (Fsp3) is 0.333. The molecule has 1 aromatic carbocycles. The van der Waals surface area contributed by atoms with Crippen molar-refractivity contribution in [2.75, 3.05) is 31.1 Å². The molecule has 0 saturated carbocycles. The first kappa shape index (κ1) is 20.5. The maximum Gasteiger partial charge on any atom is 0.277 e. The molecule has 8 nitrogen and oxygen atoms in total. The molecule has 2 N–H and O–H groups in total. The first-order valence-corrected chi connectivity index (χ1v) is 9.72. The van der Waals surface area contributed by atoms with E-state index in [0.29, 0.717) is 5.95 Å². The summed E-state index contributed by atoms with van der Waals surface area (Å²) in [5, 5.41) is 9.88. The maximum absolute atomic E-state index is 11.4. The topological polar surface area (TPSA) is 94.5 Å². The second kappa shape index (κ2) is 8.14. The molecule has 9 heteroatoms. The van der Waals surface area contributed by atoms with Crippen molar-refractivity contribution in [3.63, 3.8) is 0 Å². The van der Waals surface area contributed by atoms with Crippen LogP contribution in [0.25, 0.3) is 10.9 Å². The summed E-state index contributed by atoms with van der Waals surface area (Å²) < 4.78 is 0. The van der Waals surface area contributed by atoms with Crippen molar-refractivity contribution in [2.45, 2.75) is 13.0 Å². The van der Waals surface area contributed by atoms with Gasteiger partial charge in [-0.25, -0.2) is 15.4 Å². The third-order valence-corrected chi connectivity index (χ3v) is 5.95. The Bertz CT molecular complexity index is 1050. The number of pyridine rings is 1. The number of amides is 1. The van der Waals surface area contributed by atoms with Gasteiger partial charge in [-0.15, -0.1) is 12.4 Å². The molecule has 0 bridgehead atoms. The van der Waals surface area contributed by atoms with Crippen LogP contribution in [-0.4, -0.2) is 57.1 Å². The summed E-state index contributed by atoms with van der Waals surface area (Å²) in [6.45, 7) is 4.85. The van der Waals surface area contributed by atoms with Gasteiger partial charge >= 0.3 is 0 Å². The average Bonchev–Trinajstić information content (AvgIpc) is 3.19. The van der Waals surface area contributed by atoms with Gasteiger partial charge in [0.25, 0.3) is 5.91 Å². The van der Waals surface area contributed by atoms with E-state index in [-0.39, 0.29) is 23.4 Å². The van der Waals surface area contributed by atoms with E-state index in [1.165, 1.54) is 23.3 Å². The SMILES string of the molecule is Cl.O=C(NO)c1cnc(N2CCC3(CN(Cc4cccc5cccnc45)C3)C2)nc1. The zero-order chi connectivity index (χ0) is 19.8. The van der Waals surface area contributed by atoms with Crippen molar-refractivity contribution in [1.29, 1.82) is 0 Å². The summed E-state index contributed by atoms with van der Waals surface area (Å²) in [5.74, 6) is 0.0278. The summed E-state index contributed by atoms with van der Waals surface area (Å²) in [7, 11) is 0. The lowest BCUT2D eigenvalue weighted by molar-refractivity contribution is 0.0119. The molecule has 2 aromatic heterocycles. The lowest BCUT2D eigenvalue weighted by atomic mass is 9.79. The molecular formula is C21H23ClN6O2. The Hall–Kier alpha value is -2.81. The van der Waals surface area contributed by atoms with Gasteiger partial charge in [0.15, 0.2) is 0 Å². The molecule has 2 fully saturated rings. The molecule has 0 radical (unpaired) electrons. The van der Waals surface area contributed by atoms with Crippen LogP contribution >= 0.6 is 12.4 Å². The van der Waals surface area contributed by atoms with Crippen LogP contribution in [-0.2, 0) is 6.54 Å². The number of anilines is 1. The fourth-order valence-electron chi connectivity index (χ4n) is 4.58. The Morgan fingerprint density at radius 2 is 1.87 bits per heavy atom. The van der Waals surface area contributed by atoms with E-state index >= 15 is 0 Å². The number of halogens is 1.